The molecule has 0 aliphatic carbocycles. The van der Waals surface area contributed by atoms with Gasteiger partial charge in [-0.3, -0.25) is 4.57 Å². The first-order valence-corrected chi connectivity index (χ1v) is 6.61. The average Bonchev–Trinajstić information content (AvgIpc) is 2.96. The minimum atomic E-state index is -1.01. The summed E-state index contributed by atoms with van der Waals surface area (Å²) in [6.45, 7) is 1.51. The molecular weight excluding hydrogens is 278 g/mol. The Bertz CT molecular complexity index is 709. The van der Waals surface area contributed by atoms with Gasteiger partial charge in [0.05, 0.1) is 6.61 Å². The third-order valence-electron chi connectivity index (χ3n) is 3.71. The molecule has 1 saturated heterocycles. The molecule has 21 heavy (non-hydrogen) atoms. The number of fused-ring (bicyclic) bond motifs is 1. The van der Waals surface area contributed by atoms with Gasteiger partial charge >= 0.3 is 5.69 Å². The molecule has 1 fully saturated rings. The van der Waals surface area contributed by atoms with Crippen molar-refractivity contribution in [2.45, 2.75) is 31.5 Å². The van der Waals surface area contributed by atoms with Crippen molar-refractivity contribution < 1.29 is 19.7 Å². The zero-order valence-corrected chi connectivity index (χ0v) is 11.7. The minimum absolute atomic E-state index is 0.356. The van der Waals surface area contributed by atoms with Crippen LogP contribution in [0, 0.1) is 6.92 Å². The van der Waals surface area contributed by atoms with Gasteiger partial charge in [0, 0.05) is 24.4 Å². The molecule has 1 unspecified atom stereocenters. The van der Waals surface area contributed by atoms with Gasteiger partial charge in [-0.2, -0.15) is 4.98 Å². The van der Waals surface area contributed by atoms with E-state index in [9.17, 15) is 15.0 Å². The quantitative estimate of drug-likeness (QED) is 0.690. The van der Waals surface area contributed by atoms with Gasteiger partial charge in [-0.05, 0) is 13.0 Å². The number of hydrogen-bond acceptors (Lipinski definition) is 6. The number of aromatic nitrogens is 3. The lowest BCUT2D eigenvalue weighted by molar-refractivity contribution is -0.0622. The first kappa shape index (κ1) is 14.2. The molecule has 1 aliphatic heterocycles. The predicted octanol–water partition coefficient (Wildman–Crippen LogP) is -0.701. The largest absolute Gasteiger partial charge is 0.394 e. The van der Waals surface area contributed by atoms with Crippen molar-refractivity contribution in [1.82, 2.24) is 14.5 Å². The molecule has 3 N–H and O–H groups in total. The molecule has 0 aromatic carbocycles. The number of nitrogens with one attached hydrogen (secondary N) is 1. The molecular formula is C13H17N3O5. The number of H-pyrrole nitrogens is 1. The molecule has 0 amide bonds. The summed E-state index contributed by atoms with van der Waals surface area (Å²) in [5.74, 6) is 0. The molecule has 0 saturated carbocycles. The summed E-state index contributed by atoms with van der Waals surface area (Å²) in [6, 6.07) is 1.86. The maximum atomic E-state index is 12.1. The van der Waals surface area contributed by atoms with Crippen molar-refractivity contribution in [3.05, 3.63) is 28.4 Å². The fourth-order valence-electron chi connectivity index (χ4n) is 2.68. The van der Waals surface area contributed by atoms with Gasteiger partial charge in [-0.15, -0.1) is 0 Å². The number of aryl methyl sites for hydroxylation is 1. The van der Waals surface area contributed by atoms with Crippen LogP contribution >= 0.6 is 0 Å². The van der Waals surface area contributed by atoms with Crippen molar-refractivity contribution in [3.8, 4) is 0 Å². The first-order chi connectivity index (χ1) is 10.0. The van der Waals surface area contributed by atoms with E-state index in [1.807, 2.05) is 13.0 Å². The zero-order valence-electron chi connectivity index (χ0n) is 11.7. The summed E-state index contributed by atoms with van der Waals surface area (Å²) in [7, 11) is 1.42. The number of aliphatic hydroxyl groups excluding tert-OH is 2. The van der Waals surface area contributed by atoms with Crippen LogP contribution in [0.3, 0.4) is 0 Å². The molecule has 0 spiro atoms. The molecule has 0 bridgehead atoms. The Kier molecular flexibility index (Phi) is 3.54. The molecule has 2 aromatic heterocycles. The lowest BCUT2D eigenvalue weighted by Crippen LogP contribution is -2.37. The summed E-state index contributed by atoms with van der Waals surface area (Å²) in [4.78, 5) is 19.1. The second-order valence-corrected chi connectivity index (χ2v) is 5.13. The maximum Gasteiger partial charge on any atom is 0.351 e. The van der Waals surface area contributed by atoms with Gasteiger partial charge in [0.1, 0.15) is 24.0 Å². The van der Waals surface area contributed by atoms with Crippen LogP contribution in [0.1, 0.15) is 11.9 Å². The van der Waals surface area contributed by atoms with Crippen molar-refractivity contribution in [1.29, 1.82) is 0 Å². The van der Waals surface area contributed by atoms with Crippen LogP contribution < -0.4 is 5.69 Å². The van der Waals surface area contributed by atoms with Gasteiger partial charge in [0.2, 0.25) is 0 Å². The van der Waals surface area contributed by atoms with Crippen molar-refractivity contribution >= 4 is 11.0 Å². The van der Waals surface area contributed by atoms with E-state index >= 15 is 0 Å². The Labute approximate surface area is 119 Å². The Morgan fingerprint density at radius 3 is 3.00 bits per heavy atom. The number of aliphatic hydroxyl groups is 2. The van der Waals surface area contributed by atoms with E-state index in [2.05, 4.69) is 9.97 Å². The van der Waals surface area contributed by atoms with Crippen molar-refractivity contribution in [2.75, 3.05) is 13.7 Å². The second kappa shape index (κ2) is 5.23. The number of methoxy groups -OCH3 is 1. The first-order valence-electron chi connectivity index (χ1n) is 6.61. The highest BCUT2D eigenvalue weighted by Crippen LogP contribution is 2.30. The van der Waals surface area contributed by atoms with Crippen LogP contribution in [0.25, 0.3) is 11.0 Å². The number of hydrogen-bond donors (Lipinski definition) is 3. The zero-order chi connectivity index (χ0) is 15.1. The number of rotatable bonds is 3. The number of aromatic amines is 1. The van der Waals surface area contributed by atoms with Gasteiger partial charge < -0.3 is 24.7 Å². The standard InChI is InChI=1S/C13H17N3O5/c1-6-3-7-4-16(13(19)15-11(7)14-6)12-10(20-2)9(18)8(5-17)21-12/h3-4,8-10,12,17-18H,5H2,1-2H3,(H,14,15,19)/t8-,9+,10?,12-/m1/s1. The van der Waals surface area contributed by atoms with Crippen LogP contribution in [0.5, 0.6) is 0 Å². The third-order valence-corrected chi connectivity index (χ3v) is 3.71. The van der Waals surface area contributed by atoms with E-state index in [0.29, 0.717) is 5.65 Å². The number of nitrogens with zero attached hydrogens (tertiary/aromatic N) is 2. The molecule has 8 nitrogen and oxygen atoms in total. The molecule has 3 rings (SSSR count). The highest BCUT2D eigenvalue weighted by Gasteiger charge is 2.45. The van der Waals surface area contributed by atoms with Gasteiger partial charge in [0.15, 0.2) is 6.23 Å². The molecule has 4 atom stereocenters. The molecule has 1 aliphatic rings. The van der Waals surface area contributed by atoms with E-state index < -0.39 is 30.2 Å². The SMILES string of the molecule is COC1[C@@H](O)[C@@H](CO)O[C@H]1n1cc2cc(C)[nH]c2nc1=O. The van der Waals surface area contributed by atoms with Crippen molar-refractivity contribution in [3.63, 3.8) is 0 Å². The summed E-state index contributed by atoms with van der Waals surface area (Å²) >= 11 is 0. The van der Waals surface area contributed by atoms with E-state index in [1.54, 1.807) is 6.20 Å². The molecule has 114 valence electrons. The third kappa shape index (κ3) is 2.26. The Morgan fingerprint density at radius 2 is 2.33 bits per heavy atom. The molecule has 2 aromatic rings. The smallest absolute Gasteiger partial charge is 0.351 e. The van der Waals surface area contributed by atoms with E-state index in [0.717, 1.165) is 11.1 Å². The summed E-state index contributed by atoms with van der Waals surface area (Å²) < 4.78 is 12.0. The van der Waals surface area contributed by atoms with E-state index in [-0.39, 0.29) is 6.61 Å². The normalized spacial score (nSPS) is 29.3. The van der Waals surface area contributed by atoms with Crippen LogP contribution in [0.2, 0.25) is 0 Å². The van der Waals surface area contributed by atoms with Gasteiger partial charge in [-0.1, -0.05) is 0 Å². The van der Waals surface area contributed by atoms with E-state index in [4.69, 9.17) is 9.47 Å². The highest BCUT2D eigenvalue weighted by atomic mass is 16.6. The van der Waals surface area contributed by atoms with E-state index in [1.165, 1.54) is 11.7 Å². The Balaban J connectivity index is 2.06. The highest BCUT2D eigenvalue weighted by molar-refractivity contribution is 5.75. The second-order valence-electron chi connectivity index (χ2n) is 5.13. The van der Waals surface area contributed by atoms with Gasteiger partial charge in [-0.25, -0.2) is 4.79 Å². The lowest BCUT2D eigenvalue weighted by Gasteiger charge is -2.20. The topological polar surface area (TPSA) is 110 Å². The minimum Gasteiger partial charge on any atom is -0.394 e. The lowest BCUT2D eigenvalue weighted by atomic mass is 10.1. The molecule has 8 heteroatoms. The molecule has 0 radical (unpaired) electrons. The fourth-order valence-corrected chi connectivity index (χ4v) is 2.68. The monoisotopic (exact) mass is 295 g/mol. The number of ether oxygens (including phenoxy) is 2. The van der Waals surface area contributed by atoms with Crippen LogP contribution in [-0.2, 0) is 9.47 Å². The fraction of sp³-hybridized carbons (Fsp3) is 0.538. The Hall–Kier alpha value is -1.74. The summed E-state index contributed by atoms with van der Waals surface area (Å²) in [5, 5.41) is 20.0. The van der Waals surface area contributed by atoms with Crippen LogP contribution in [-0.4, -0.2) is 56.8 Å². The molecule has 3 heterocycles. The van der Waals surface area contributed by atoms with Crippen molar-refractivity contribution in [2.24, 2.45) is 0 Å². The predicted molar refractivity (Wildman–Crippen MR) is 72.9 cm³/mol. The average molecular weight is 295 g/mol. The Morgan fingerprint density at radius 1 is 1.57 bits per heavy atom. The summed E-state index contributed by atoms with van der Waals surface area (Å²) in [5.41, 5.74) is 0.876. The van der Waals surface area contributed by atoms with Crippen LogP contribution in [0.15, 0.2) is 17.1 Å². The maximum absolute atomic E-state index is 12.1. The van der Waals surface area contributed by atoms with Gasteiger partial charge in [0.25, 0.3) is 0 Å². The van der Waals surface area contributed by atoms with Crippen LogP contribution in [0.4, 0.5) is 0 Å². The summed E-state index contributed by atoms with van der Waals surface area (Å²) in [6.07, 6.45) is -1.78.